The van der Waals surface area contributed by atoms with E-state index < -0.39 is 0 Å². The molecule has 0 unspecified atom stereocenters. The molecule has 1 aliphatic rings. The summed E-state index contributed by atoms with van der Waals surface area (Å²) in [5.74, 6) is 1.59. The van der Waals surface area contributed by atoms with Gasteiger partial charge in [0.2, 0.25) is 5.91 Å². The standard InChI is InChI=1S/C22H27NO3/c1-23(16-17-11-12-19(25-2)20(15-17)26-3)21(24)22(13-7-8-14-22)18-9-5-4-6-10-18/h4-6,9-12,15H,7-8,13-14,16H2,1-3H3. The zero-order valence-electron chi connectivity index (χ0n) is 15.8. The van der Waals surface area contributed by atoms with Crippen LogP contribution < -0.4 is 9.47 Å². The quantitative estimate of drug-likeness (QED) is 0.782. The van der Waals surface area contributed by atoms with Crippen LogP contribution in [0.2, 0.25) is 0 Å². The lowest BCUT2D eigenvalue weighted by Crippen LogP contribution is -2.43. The number of carbonyl (C=O) groups is 1. The summed E-state index contributed by atoms with van der Waals surface area (Å²) >= 11 is 0. The van der Waals surface area contributed by atoms with E-state index >= 15 is 0 Å². The van der Waals surface area contributed by atoms with E-state index in [1.165, 1.54) is 0 Å². The van der Waals surface area contributed by atoms with Gasteiger partial charge >= 0.3 is 0 Å². The minimum Gasteiger partial charge on any atom is -0.493 e. The van der Waals surface area contributed by atoms with Gasteiger partial charge in [-0.25, -0.2) is 0 Å². The second-order valence-electron chi connectivity index (χ2n) is 7.01. The highest BCUT2D eigenvalue weighted by molar-refractivity contribution is 5.88. The zero-order chi connectivity index (χ0) is 18.6. The Hall–Kier alpha value is -2.49. The van der Waals surface area contributed by atoms with Crippen LogP contribution in [0.1, 0.15) is 36.8 Å². The first kappa shape index (κ1) is 18.3. The van der Waals surface area contributed by atoms with E-state index in [0.29, 0.717) is 18.0 Å². The van der Waals surface area contributed by atoms with Gasteiger partial charge in [-0.2, -0.15) is 0 Å². The lowest BCUT2D eigenvalue weighted by Gasteiger charge is -2.33. The van der Waals surface area contributed by atoms with Gasteiger partial charge < -0.3 is 14.4 Å². The lowest BCUT2D eigenvalue weighted by molar-refractivity contribution is -0.136. The third-order valence-electron chi connectivity index (χ3n) is 5.41. The van der Waals surface area contributed by atoms with E-state index in [4.69, 9.17) is 9.47 Å². The predicted molar refractivity (Wildman–Crippen MR) is 103 cm³/mol. The SMILES string of the molecule is COc1ccc(CN(C)C(=O)C2(c3ccccc3)CCCC2)cc1OC. The number of rotatable bonds is 6. The molecule has 4 heteroatoms. The van der Waals surface area contributed by atoms with Crippen LogP contribution in [-0.4, -0.2) is 32.1 Å². The minimum absolute atomic E-state index is 0.205. The number of hydrogen-bond acceptors (Lipinski definition) is 3. The molecule has 0 saturated heterocycles. The smallest absolute Gasteiger partial charge is 0.233 e. The number of amides is 1. The average molecular weight is 353 g/mol. The second-order valence-corrected chi connectivity index (χ2v) is 7.01. The molecule has 1 fully saturated rings. The highest BCUT2D eigenvalue weighted by atomic mass is 16.5. The molecule has 26 heavy (non-hydrogen) atoms. The van der Waals surface area contributed by atoms with Gasteiger partial charge in [0.1, 0.15) is 0 Å². The lowest BCUT2D eigenvalue weighted by atomic mass is 9.77. The molecule has 0 bridgehead atoms. The monoisotopic (exact) mass is 353 g/mol. The number of hydrogen-bond donors (Lipinski definition) is 0. The highest BCUT2D eigenvalue weighted by Crippen LogP contribution is 2.42. The summed E-state index contributed by atoms with van der Waals surface area (Å²) in [5.41, 5.74) is 1.79. The Morgan fingerprint density at radius 2 is 1.65 bits per heavy atom. The van der Waals surface area contributed by atoms with Gasteiger partial charge in [-0.3, -0.25) is 4.79 Å². The van der Waals surface area contributed by atoms with Gasteiger partial charge in [0.25, 0.3) is 0 Å². The largest absolute Gasteiger partial charge is 0.493 e. The Morgan fingerprint density at radius 1 is 1.00 bits per heavy atom. The molecule has 0 radical (unpaired) electrons. The first-order valence-electron chi connectivity index (χ1n) is 9.13. The summed E-state index contributed by atoms with van der Waals surface area (Å²) < 4.78 is 10.7. The summed E-state index contributed by atoms with van der Waals surface area (Å²) in [4.78, 5) is 15.3. The van der Waals surface area contributed by atoms with Crippen molar-refractivity contribution in [1.82, 2.24) is 4.90 Å². The molecule has 4 nitrogen and oxygen atoms in total. The third-order valence-corrected chi connectivity index (χ3v) is 5.41. The molecular weight excluding hydrogens is 326 g/mol. The molecule has 0 N–H and O–H groups in total. The molecule has 1 aliphatic carbocycles. The van der Waals surface area contributed by atoms with Crippen LogP contribution in [0.5, 0.6) is 11.5 Å². The fourth-order valence-electron chi connectivity index (χ4n) is 4.05. The van der Waals surface area contributed by atoms with Gasteiger partial charge in [-0.05, 0) is 36.1 Å². The second kappa shape index (κ2) is 7.81. The van der Waals surface area contributed by atoms with Gasteiger partial charge in [-0.1, -0.05) is 49.2 Å². The number of ether oxygens (including phenoxy) is 2. The summed E-state index contributed by atoms with van der Waals surface area (Å²) in [5, 5.41) is 0. The molecule has 0 heterocycles. The van der Waals surface area contributed by atoms with E-state index in [0.717, 1.165) is 36.8 Å². The van der Waals surface area contributed by atoms with Crippen molar-refractivity contribution in [1.29, 1.82) is 0 Å². The molecule has 0 spiro atoms. The van der Waals surface area contributed by atoms with Crippen LogP contribution in [-0.2, 0) is 16.8 Å². The molecule has 3 rings (SSSR count). The Kier molecular flexibility index (Phi) is 5.50. The summed E-state index contributed by atoms with van der Waals surface area (Å²) in [6.45, 7) is 0.549. The Bertz CT molecular complexity index is 751. The number of benzene rings is 2. The van der Waals surface area contributed by atoms with E-state index in [1.54, 1.807) is 14.2 Å². The van der Waals surface area contributed by atoms with Crippen LogP contribution >= 0.6 is 0 Å². The van der Waals surface area contributed by atoms with Crippen molar-refractivity contribution in [3.8, 4) is 11.5 Å². The first-order valence-corrected chi connectivity index (χ1v) is 9.13. The molecular formula is C22H27NO3. The minimum atomic E-state index is -0.382. The van der Waals surface area contributed by atoms with Crippen molar-refractivity contribution < 1.29 is 14.3 Å². The maximum Gasteiger partial charge on any atom is 0.233 e. The highest BCUT2D eigenvalue weighted by Gasteiger charge is 2.44. The van der Waals surface area contributed by atoms with Crippen LogP contribution in [0.4, 0.5) is 0 Å². The van der Waals surface area contributed by atoms with Crippen LogP contribution in [0.25, 0.3) is 0 Å². The van der Waals surface area contributed by atoms with Crippen molar-refractivity contribution in [3.63, 3.8) is 0 Å². The molecule has 138 valence electrons. The van der Waals surface area contributed by atoms with Crippen LogP contribution in [0.3, 0.4) is 0 Å². The van der Waals surface area contributed by atoms with Crippen molar-refractivity contribution >= 4 is 5.91 Å². The molecule has 0 aliphatic heterocycles. The zero-order valence-corrected chi connectivity index (χ0v) is 15.8. The number of carbonyl (C=O) groups excluding carboxylic acids is 1. The number of methoxy groups -OCH3 is 2. The van der Waals surface area contributed by atoms with Gasteiger partial charge in [0, 0.05) is 13.6 Å². The van der Waals surface area contributed by atoms with Crippen molar-refractivity contribution in [2.75, 3.05) is 21.3 Å². The van der Waals surface area contributed by atoms with Crippen molar-refractivity contribution in [2.24, 2.45) is 0 Å². The summed E-state index contributed by atoms with van der Waals surface area (Å²) in [7, 11) is 5.14. The van der Waals surface area contributed by atoms with Crippen molar-refractivity contribution in [3.05, 3.63) is 59.7 Å². The molecule has 1 amide bonds. The Balaban J connectivity index is 1.82. The Morgan fingerprint density at radius 3 is 2.27 bits per heavy atom. The summed E-state index contributed by atoms with van der Waals surface area (Å²) in [6, 6.07) is 16.0. The molecule has 1 saturated carbocycles. The molecule has 0 atom stereocenters. The normalized spacial score (nSPS) is 15.5. The molecule has 0 aromatic heterocycles. The van der Waals surface area contributed by atoms with E-state index in [1.807, 2.05) is 48.3 Å². The first-order chi connectivity index (χ1) is 12.6. The summed E-state index contributed by atoms with van der Waals surface area (Å²) in [6.07, 6.45) is 4.05. The van der Waals surface area contributed by atoms with Gasteiger partial charge in [0.05, 0.1) is 19.6 Å². The third kappa shape index (κ3) is 3.41. The van der Waals surface area contributed by atoms with Gasteiger partial charge in [0.15, 0.2) is 11.5 Å². The maximum atomic E-state index is 13.4. The fraction of sp³-hybridized carbons (Fsp3) is 0.409. The van der Waals surface area contributed by atoms with Gasteiger partial charge in [-0.15, -0.1) is 0 Å². The van der Waals surface area contributed by atoms with Crippen LogP contribution in [0.15, 0.2) is 48.5 Å². The molecule has 2 aromatic carbocycles. The van der Waals surface area contributed by atoms with Crippen molar-refractivity contribution in [2.45, 2.75) is 37.6 Å². The topological polar surface area (TPSA) is 38.8 Å². The van der Waals surface area contributed by atoms with E-state index in [-0.39, 0.29) is 11.3 Å². The number of nitrogens with zero attached hydrogens (tertiary/aromatic N) is 1. The van der Waals surface area contributed by atoms with E-state index in [9.17, 15) is 4.79 Å². The molecule has 2 aromatic rings. The van der Waals surface area contributed by atoms with E-state index in [2.05, 4.69) is 12.1 Å². The fourth-order valence-corrected chi connectivity index (χ4v) is 4.05. The Labute approximate surface area is 155 Å². The number of likely N-dealkylation sites (N-methyl/N-ethyl adjacent to an activating group) is 1. The predicted octanol–water partition coefficient (Wildman–Crippen LogP) is 4.17. The maximum absolute atomic E-state index is 13.4. The average Bonchev–Trinajstić information content (AvgIpc) is 3.19. The van der Waals surface area contributed by atoms with Crippen LogP contribution in [0, 0.1) is 0 Å².